The van der Waals surface area contributed by atoms with Crippen molar-refractivity contribution in [1.29, 1.82) is 0 Å². The van der Waals surface area contributed by atoms with E-state index in [-0.39, 0.29) is 54.1 Å². The maximum absolute atomic E-state index is 13.4. The molecule has 3 N–H and O–H groups in total. The molecule has 0 bridgehead atoms. The van der Waals surface area contributed by atoms with Gasteiger partial charge in [0.05, 0.1) is 25.8 Å². The minimum Gasteiger partial charge on any atom is -0.379 e. The average Bonchev–Trinajstić information content (AvgIpc) is 2.79. The van der Waals surface area contributed by atoms with E-state index in [1.54, 1.807) is 19.2 Å². The summed E-state index contributed by atoms with van der Waals surface area (Å²) in [7, 11) is 1.62. The van der Waals surface area contributed by atoms with Gasteiger partial charge in [-0.05, 0) is 42.0 Å². The predicted molar refractivity (Wildman–Crippen MR) is 131 cm³/mol. The first-order valence-corrected chi connectivity index (χ1v) is 10.1. The molecule has 1 aliphatic rings. The summed E-state index contributed by atoms with van der Waals surface area (Å²) in [4.78, 5) is 18.6. The van der Waals surface area contributed by atoms with Crippen LogP contribution in [0.25, 0.3) is 0 Å². The Labute approximate surface area is 203 Å². The van der Waals surface area contributed by atoms with E-state index >= 15 is 0 Å². The van der Waals surface area contributed by atoms with Gasteiger partial charge in [0.15, 0.2) is 5.96 Å². The van der Waals surface area contributed by atoms with Crippen molar-refractivity contribution in [2.45, 2.75) is 6.04 Å². The maximum atomic E-state index is 13.4. The molecule has 0 aromatic heterocycles. The topological polar surface area (TPSA) is 78.0 Å². The third-order valence-corrected chi connectivity index (χ3v) is 4.97. The van der Waals surface area contributed by atoms with E-state index in [9.17, 15) is 13.6 Å². The second-order valence-electron chi connectivity index (χ2n) is 7.08. The first-order chi connectivity index (χ1) is 15.0. The van der Waals surface area contributed by atoms with Gasteiger partial charge in [0.2, 0.25) is 5.91 Å². The molecule has 10 heteroatoms. The zero-order valence-electron chi connectivity index (χ0n) is 17.8. The number of carbonyl (C=O) groups excluding carboxylic acids is 1. The van der Waals surface area contributed by atoms with Crippen molar-refractivity contribution < 1.29 is 18.3 Å². The highest BCUT2D eigenvalue weighted by Gasteiger charge is 2.23. The molecule has 7 nitrogen and oxygen atoms in total. The van der Waals surface area contributed by atoms with E-state index in [2.05, 4.69) is 25.8 Å². The van der Waals surface area contributed by atoms with Crippen LogP contribution in [-0.4, -0.2) is 63.2 Å². The van der Waals surface area contributed by atoms with Crippen molar-refractivity contribution in [2.75, 3.05) is 51.8 Å². The van der Waals surface area contributed by atoms with Crippen LogP contribution in [0, 0.1) is 11.6 Å². The number of hydrogen-bond donors (Lipinski definition) is 3. The molecule has 0 spiro atoms. The minimum atomic E-state index is -0.364. The second-order valence-corrected chi connectivity index (χ2v) is 7.08. The zero-order valence-corrected chi connectivity index (χ0v) is 20.1. The number of carbonyl (C=O) groups is 1. The van der Waals surface area contributed by atoms with Gasteiger partial charge >= 0.3 is 0 Å². The van der Waals surface area contributed by atoms with Crippen LogP contribution in [0.2, 0.25) is 0 Å². The average molecular weight is 559 g/mol. The van der Waals surface area contributed by atoms with E-state index in [1.165, 1.54) is 36.4 Å². The highest BCUT2D eigenvalue weighted by atomic mass is 127. The molecule has 0 radical (unpaired) electrons. The first-order valence-electron chi connectivity index (χ1n) is 10.1. The molecule has 3 rings (SSSR count). The van der Waals surface area contributed by atoms with E-state index in [0.29, 0.717) is 31.4 Å². The molecule has 1 amide bonds. The Kier molecular flexibility index (Phi) is 10.8. The van der Waals surface area contributed by atoms with Gasteiger partial charge in [-0.2, -0.15) is 0 Å². The molecule has 1 atom stereocenters. The number of benzene rings is 2. The number of amides is 1. The van der Waals surface area contributed by atoms with Gasteiger partial charge in [-0.15, -0.1) is 24.0 Å². The molecule has 2 aromatic rings. The Hall–Kier alpha value is -2.31. The van der Waals surface area contributed by atoms with Crippen LogP contribution >= 0.6 is 24.0 Å². The Balaban J connectivity index is 0.00000363. The molecular formula is C22H28F2IN5O2. The third-order valence-electron chi connectivity index (χ3n) is 4.97. The summed E-state index contributed by atoms with van der Waals surface area (Å²) in [6.45, 7) is 3.36. The lowest BCUT2D eigenvalue weighted by molar-refractivity contribution is -0.115. The van der Waals surface area contributed by atoms with Crippen LogP contribution in [0.3, 0.4) is 0 Å². The van der Waals surface area contributed by atoms with Crippen LogP contribution in [0.5, 0.6) is 0 Å². The van der Waals surface area contributed by atoms with Gasteiger partial charge in [-0.1, -0.05) is 12.1 Å². The van der Waals surface area contributed by atoms with E-state index < -0.39 is 0 Å². The molecule has 1 saturated heterocycles. The van der Waals surface area contributed by atoms with Gasteiger partial charge in [-0.3, -0.25) is 14.7 Å². The van der Waals surface area contributed by atoms with E-state index in [0.717, 1.165) is 18.7 Å². The van der Waals surface area contributed by atoms with Crippen LogP contribution in [0.15, 0.2) is 53.5 Å². The van der Waals surface area contributed by atoms with Gasteiger partial charge in [0.25, 0.3) is 0 Å². The summed E-state index contributed by atoms with van der Waals surface area (Å²) in [5.41, 5.74) is 1.50. The molecule has 32 heavy (non-hydrogen) atoms. The molecule has 1 fully saturated rings. The fourth-order valence-electron chi connectivity index (χ4n) is 3.35. The summed E-state index contributed by atoms with van der Waals surface area (Å²) in [5, 5.41) is 8.90. The molecular weight excluding hydrogens is 531 g/mol. The highest BCUT2D eigenvalue weighted by Crippen LogP contribution is 2.21. The van der Waals surface area contributed by atoms with Gasteiger partial charge < -0.3 is 20.7 Å². The number of nitrogens with one attached hydrogen (secondary N) is 3. The van der Waals surface area contributed by atoms with Crippen molar-refractivity contribution >= 4 is 41.5 Å². The normalized spacial score (nSPS) is 15.4. The Morgan fingerprint density at radius 3 is 2.22 bits per heavy atom. The van der Waals surface area contributed by atoms with Crippen molar-refractivity contribution in [3.05, 3.63) is 65.7 Å². The fourth-order valence-corrected chi connectivity index (χ4v) is 3.35. The number of morpholine rings is 1. The standard InChI is InChI=1S/C22H27F2N5O2.HI/c1-25-22(27-15-21(30)28-19-8-6-18(24)7-9-19)26-14-20(29-10-12-31-13-11-29)16-2-4-17(23)5-3-16;/h2-9,20H,10-15H2,1H3,(H,28,30)(H2,25,26,27);1H. The van der Waals surface area contributed by atoms with Crippen molar-refractivity contribution in [3.8, 4) is 0 Å². The number of aliphatic imine (C=N–C) groups is 1. The molecule has 0 saturated carbocycles. The van der Waals surface area contributed by atoms with Crippen LogP contribution in [0.1, 0.15) is 11.6 Å². The summed E-state index contributed by atoms with van der Waals surface area (Å²) in [6.07, 6.45) is 0. The SMILES string of the molecule is CN=C(NCC(=O)Nc1ccc(F)cc1)NCC(c1ccc(F)cc1)N1CCOCC1.I. The molecule has 1 unspecified atom stereocenters. The quantitative estimate of drug-likeness (QED) is 0.277. The molecule has 1 heterocycles. The predicted octanol–water partition coefficient (Wildman–Crippen LogP) is 2.76. The Morgan fingerprint density at radius 1 is 1.03 bits per heavy atom. The lowest BCUT2D eigenvalue weighted by Crippen LogP contribution is -2.47. The minimum absolute atomic E-state index is 0. The first kappa shape index (κ1) is 25.9. The Morgan fingerprint density at radius 2 is 1.62 bits per heavy atom. The van der Waals surface area contributed by atoms with Gasteiger partial charge in [0.1, 0.15) is 11.6 Å². The van der Waals surface area contributed by atoms with Gasteiger partial charge in [0, 0.05) is 32.4 Å². The van der Waals surface area contributed by atoms with Crippen LogP contribution < -0.4 is 16.0 Å². The number of rotatable bonds is 7. The zero-order chi connectivity index (χ0) is 22.1. The monoisotopic (exact) mass is 559 g/mol. The number of hydrogen-bond acceptors (Lipinski definition) is 4. The van der Waals surface area contributed by atoms with E-state index in [4.69, 9.17) is 4.74 Å². The summed E-state index contributed by atoms with van der Waals surface area (Å²) in [6, 6.07) is 12.0. The summed E-state index contributed by atoms with van der Waals surface area (Å²) in [5.74, 6) is -0.453. The molecule has 1 aliphatic heterocycles. The van der Waals surface area contributed by atoms with Crippen molar-refractivity contribution in [2.24, 2.45) is 4.99 Å². The van der Waals surface area contributed by atoms with E-state index in [1.807, 2.05) is 0 Å². The largest absolute Gasteiger partial charge is 0.379 e. The number of halogens is 3. The fraction of sp³-hybridized carbons (Fsp3) is 0.364. The van der Waals surface area contributed by atoms with Crippen LogP contribution in [0.4, 0.5) is 14.5 Å². The smallest absolute Gasteiger partial charge is 0.243 e. The summed E-state index contributed by atoms with van der Waals surface area (Å²) >= 11 is 0. The van der Waals surface area contributed by atoms with Crippen molar-refractivity contribution in [1.82, 2.24) is 15.5 Å². The van der Waals surface area contributed by atoms with Crippen LogP contribution in [-0.2, 0) is 9.53 Å². The summed E-state index contributed by atoms with van der Waals surface area (Å²) < 4.78 is 31.8. The number of anilines is 1. The highest BCUT2D eigenvalue weighted by molar-refractivity contribution is 14.0. The lowest BCUT2D eigenvalue weighted by Gasteiger charge is -2.35. The number of nitrogens with zero attached hydrogens (tertiary/aromatic N) is 2. The third kappa shape index (κ3) is 7.99. The van der Waals surface area contributed by atoms with Crippen molar-refractivity contribution in [3.63, 3.8) is 0 Å². The maximum Gasteiger partial charge on any atom is 0.243 e. The molecule has 0 aliphatic carbocycles. The Bertz CT molecular complexity index is 875. The number of guanidine groups is 1. The molecule has 174 valence electrons. The van der Waals surface area contributed by atoms with Gasteiger partial charge in [-0.25, -0.2) is 8.78 Å². The number of ether oxygens (including phenoxy) is 1. The lowest BCUT2D eigenvalue weighted by atomic mass is 10.0. The second kappa shape index (κ2) is 13.3. The molecule has 2 aromatic carbocycles.